The standard InChI is InChI=1S/C11H13FN2O2/c12-8-1-3-9(4-2-8)16-10-5-6-14(7-10)11(13)15/h1-4,10H,5-7H2,(H2,13,15)/t10-/m1/s1. The number of halogens is 1. The molecule has 1 heterocycles. The van der Waals surface area contributed by atoms with Crippen molar-refractivity contribution in [3.05, 3.63) is 30.1 Å². The van der Waals surface area contributed by atoms with Crippen molar-refractivity contribution in [2.45, 2.75) is 12.5 Å². The summed E-state index contributed by atoms with van der Waals surface area (Å²) in [6.07, 6.45) is 0.693. The molecule has 0 aromatic heterocycles. The van der Waals surface area contributed by atoms with E-state index >= 15 is 0 Å². The van der Waals surface area contributed by atoms with Crippen molar-refractivity contribution >= 4 is 6.03 Å². The number of nitrogens with zero attached hydrogens (tertiary/aromatic N) is 1. The molecule has 0 saturated carbocycles. The van der Waals surface area contributed by atoms with E-state index in [2.05, 4.69) is 0 Å². The maximum atomic E-state index is 12.6. The van der Waals surface area contributed by atoms with Crippen LogP contribution in [-0.4, -0.2) is 30.1 Å². The summed E-state index contributed by atoms with van der Waals surface area (Å²) in [5.74, 6) is 0.315. The lowest BCUT2D eigenvalue weighted by Crippen LogP contribution is -2.35. The van der Waals surface area contributed by atoms with Crippen LogP contribution >= 0.6 is 0 Å². The van der Waals surface area contributed by atoms with Gasteiger partial charge in [0.15, 0.2) is 0 Å². The Bertz CT molecular complexity index is 380. The second-order valence-electron chi connectivity index (χ2n) is 3.77. The van der Waals surface area contributed by atoms with Crippen LogP contribution in [0.25, 0.3) is 0 Å². The third kappa shape index (κ3) is 2.42. The lowest BCUT2D eigenvalue weighted by molar-refractivity contribution is 0.192. The van der Waals surface area contributed by atoms with Crippen LogP contribution in [0.3, 0.4) is 0 Å². The average Bonchev–Trinajstić information content (AvgIpc) is 2.70. The third-order valence-corrected chi connectivity index (χ3v) is 2.57. The molecule has 0 aliphatic carbocycles. The number of primary amides is 1. The molecule has 0 unspecified atom stereocenters. The molecule has 0 radical (unpaired) electrons. The van der Waals surface area contributed by atoms with Gasteiger partial charge in [-0.2, -0.15) is 0 Å². The van der Waals surface area contributed by atoms with Crippen LogP contribution < -0.4 is 10.5 Å². The number of benzene rings is 1. The van der Waals surface area contributed by atoms with Crippen LogP contribution in [-0.2, 0) is 0 Å². The molecule has 2 N–H and O–H groups in total. The fourth-order valence-corrected chi connectivity index (χ4v) is 1.73. The van der Waals surface area contributed by atoms with Crippen molar-refractivity contribution in [2.75, 3.05) is 13.1 Å². The molecule has 86 valence electrons. The van der Waals surface area contributed by atoms with Crippen LogP contribution in [0, 0.1) is 5.82 Å². The molecule has 1 fully saturated rings. The first-order valence-corrected chi connectivity index (χ1v) is 5.12. The number of ether oxygens (including phenoxy) is 1. The van der Waals surface area contributed by atoms with Gasteiger partial charge in [0.1, 0.15) is 17.7 Å². The summed E-state index contributed by atoms with van der Waals surface area (Å²) >= 11 is 0. The second-order valence-corrected chi connectivity index (χ2v) is 3.77. The zero-order valence-electron chi connectivity index (χ0n) is 8.73. The fourth-order valence-electron chi connectivity index (χ4n) is 1.73. The quantitative estimate of drug-likeness (QED) is 0.824. The topological polar surface area (TPSA) is 55.6 Å². The van der Waals surface area contributed by atoms with Crippen molar-refractivity contribution in [3.63, 3.8) is 0 Å². The van der Waals surface area contributed by atoms with Gasteiger partial charge in [0.2, 0.25) is 0 Å². The van der Waals surface area contributed by atoms with Crippen LogP contribution in [0.15, 0.2) is 24.3 Å². The summed E-state index contributed by atoms with van der Waals surface area (Å²) in [6.45, 7) is 1.11. The van der Waals surface area contributed by atoms with Crippen LogP contribution in [0.4, 0.5) is 9.18 Å². The monoisotopic (exact) mass is 224 g/mol. The molecule has 1 saturated heterocycles. The van der Waals surface area contributed by atoms with Crippen LogP contribution in [0.5, 0.6) is 5.75 Å². The number of amides is 2. The Morgan fingerprint density at radius 1 is 1.44 bits per heavy atom. The first-order valence-electron chi connectivity index (χ1n) is 5.12. The van der Waals surface area contributed by atoms with Gasteiger partial charge in [-0.25, -0.2) is 9.18 Å². The molecule has 5 heteroatoms. The van der Waals surface area contributed by atoms with E-state index in [9.17, 15) is 9.18 Å². The fraction of sp³-hybridized carbons (Fsp3) is 0.364. The first-order chi connectivity index (χ1) is 7.65. The van der Waals surface area contributed by atoms with Crippen molar-refractivity contribution < 1.29 is 13.9 Å². The van der Waals surface area contributed by atoms with Gasteiger partial charge >= 0.3 is 6.03 Å². The number of hydrogen-bond donors (Lipinski definition) is 1. The number of likely N-dealkylation sites (tertiary alicyclic amines) is 1. The smallest absolute Gasteiger partial charge is 0.314 e. The average molecular weight is 224 g/mol. The lowest BCUT2D eigenvalue weighted by Gasteiger charge is -2.14. The van der Waals surface area contributed by atoms with E-state index < -0.39 is 6.03 Å². The molecule has 0 bridgehead atoms. The Balaban J connectivity index is 1.92. The van der Waals surface area contributed by atoms with E-state index in [1.165, 1.54) is 17.0 Å². The summed E-state index contributed by atoms with van der Waals surface area (Å²) in [5, 5.41) is 0. The molecule has 0 spiro atoms. The first kappa shape index (κ1) is 10.7. The van der Waals surface area contributed by atoms with Gasteiger partial charge < -0.3 is 15.4 Å². The van der Waals surface area contributed by atoms with E-state index in [1.54, 1.807) is 12.1 Å². The Hall–Kier alpha value is -1.78. The molecule has 1 aliphatic rings. The second kappa shape index (κ2) is 4.38. The number of rotatable bonds is 2. The summed E-state index contributed by atoms with van der Waals surface area (Å²) < 4.78 is 18.2. The molecule has 1 aromatic rings. The van der Waals surface area contributed by atoms with Gasteiger partial charge in [-0.1, -0.05) is 0 Å². The molecule has 1 aliphatic heterocycles. The molecular formula is C11H13FN2O2. The highest BCUT2D eigenvalue weighted by Gasteiger charge is 2.25. The summed E-state index contributed by atoms with van der Waals surface area (Å²) in [6, 6.07) is 5.40. The summed E-state index contributed by atoms with van der Waals surface area (Å²) in [7, 11) is 0. The number of nitrogens with two attached hydrogens (primary N) is 1. The number of hydrogen-bond acceptors (Lipinski definition) is 2. The number of urea groups is 1. The SMILES string of the molecule is NC(=O)N1CC[C@@H](Oc2ccc(F)cc2)C1. The van der Waals surface area contributed by atoms with E-state index in [1.807, 2.05) is 0 Å². The Morgan fingerprint density at radius 3 is 2.69 bits per heavy atom. The Kier molecular flexibility index (Phi) is 2.94. The maximum absolute atomic E-state index is 12.6. The summed E-state index contributed by atoms with van der Waals surface area (Å²) in [5.41, 5.74) is 5.16. The van der Waals surface area contributed by atoms with Crippen LogP contribution in [0.2, 0.25) is 0 Å². The summed E-state index contributed by atoms with van der Waals surface area (Å²) in [4.78, 5) is 12.4. The molecule has 2 amide bonds. The van der Waals surface area contributed by atoms with Gasteiger partial charge in [-0.3, -0.25) is 0 Å². The molecular weight excluding hydrogens is 211 g/mol. The van der Waals surface area contributed by atoms with Crippen LogP contribution in [0.1, 0.15) is 6.42 Å². The van der Waals surface area contributed by atoms with E-state index in [4.69, 9.17) is 10.5 Å². The zero-order chi connectivity index (χ0) is 11.5. The molecule has 1 aromatic carbocycles. The Labute approximate surface area is 92.8 Å². The van der Waals surface area contributed by atoms with Gasteiger partial charge in [0, 0.05) is 13.0 Å². The Morgan fingerprint density at radius 2 is 2.12 bits per heavy atom. The molecule has 1 atom stereocenters. The predicted octanol–water partition coefficient (Wildman–Crippen LogP) is 1.36. The molecule has 16 heavy (non-hydrogen) atoms. The minimum Gasteiger partial charge on any atom is -0.489 e. The lowest BCUT2D eigenvalue weighted by atomic mass is 10.3. The highest BCUT2D eigenvalue weighted by molar-refractivity contribution is 5.72. The zero-order valence-corrected chi connectivity index (χ0v) is 8.73. The van der Waals surface area contributed by atoms with E-state index in [0.717, 1.165) is 6.42 Å². The van der Waals surface area contributed by atoms with E-state index in [0.29, 0.717) is 18.8 Å². The van der Waals surface area contributed by atoms with Gasteiger partial charge in [-0.05, 0) is 24.3 Å². The third-order valence-electron chi connectivity index (χ3n) is 2.57. The van der Waals surface area contributed by atoms with Crippen molar-refractivity contribution in [1.29, 1.82) is 0 Å². The van der Waals surface area contributed by atoms with Crippen molar-refractivity contribution in [3.8, 4) is 5.75 Å². The van der Waals surface area contributed by atoms with Gasteiger partial charge in [0.25, 0.3) is 0 Å². The van der Waals surface area contributed by atoms with Crippen molar-refractivity contribution in [2.24, 2.45) is 5.73 Å². The number of carbonyl (C=O) groups excluding carboxylic acids is 1. The van der Waals surface area contributed by atoms with Crippen molar-refractivity contribution in [1.82, 2.24) is 4.90 Å². The predicted molar refractivity (Wildman–Crippen MR) is 56.6 cm³/mol. The van der Waals surface area contributed by atoms with Gasteiger partial charge in [0.05, 0.1) is 6.54 Å². The largest absolute Gasteiger partial charge is 0.489 e. The van der Waals surface area contributed by atoms with E-state index in [-0.39, 0.29) is 11.9 Å². The minimum absolute atomic E-state index is 0.0574. The minimum atomic E-state index is -0.426. The molecule has 2 rings (SSSR count). The molecule has 4 nitrogen and oxygen atoms in total. The highest BCUT2D eigenvalue weighted by atomic mass is 19.1. The van der Waals surface area contributed by atoms with Gasteiger partial charge in [-0.15, -0.1) is 0 Å². The normalized spacial score (nSPS) is 19.8. The number of carbonyl (C=O) groups is 1. The highest BCUT2D eigenvalue weighted by Crippen LogP contribution is 2.18. The maximum Gasteiger partial charge on any atom is 0.314 e.